The van der Waals surface area contributed by atoms with Gasteiger partial charge in [0.05, 0.1) is 0 Å². The molecular weight excluding hydrogens is 112 g/mol. The zero-order chi connectivity index (χ0) is 6.24. The molecule has 0 aliphatic carbocycles. The summed E-state index contributed by atoms with van der Waals surface area (Å²) < 4.78 is 0. The van der Waals surface area contributed by atoms with Crippen LogP contribution in [0.1, 0.15) is 25.7 Å². The summed E-state index contributed by atoms with van der Waals surface area (Å²) in [5.74, 6) is 0. The molecule has 0 aromatic heterocycles. The van der Waals surface area contributed by atoms with Crippen LogP contribution in [0.4, 0.5) is 0 Å². The standard InChI is InChI=1S/C7H13Si/c1-2-3-4-5-6-7-8/h2H,1,3-7H2. The minimum atomic E-state index is 1.14. The molecule has 0 nitrogen and oxygen atoms in total. The zero-order valence-electron chi connectivity index (χ0n) is 5.32. The highest BCUT2D eigenvalue weighted by molar-refractivity contribution is 6.08. The maximum Gasteiger partial charge on any atom is 0.0222 e. The average molecular weight is 125 g/mol. The summed E-state index contributed by atoms with van der Waals surface area (Å²) >= 11 is 0. The first-order chi connectivity index (χ1) is 3.91. The third-order valence-electron chi connectivity index (χ3n) is 1.09. The van der Waals surface area contributed by atoms with Crippen molar-refractivity contribution in [2.24, 2.45) is 0 Å². The van der Waals surface area contributed by atoms with Crippen LogP contribution in [0.3, 0.4) is 0 Å². The molecule has 0 rings (SSSR count). The van der Waals surface area contributed by atoms with E-state index in [1.807, 2.05) is 6.08 Å². The molecule has 0 fully saturated rings. The minimum absolute atomic E-state index is 1.14. The Morgan fingerprint density at radius 3 is 2.50 bits per heavy atom. The van der Waals surface area contributed by atoms with Crippen molar-refractivity contribution in [3.63, 3.8) is 0 Å². The highest BCUT2D eigenvalue weighted by Crippen LogP contribution is 2.00. The lowest BCUT2D eigenvalue weighted by molar-refractivity contribution is 0.729. The Kier molecular flexibility index (Phi) is 6.92. The van der Waals surface area contributed by atoms with E-state index in [0.29, 0.717) is 0 Å². The van der Waals surface area contributed by atoms with Crippen LogP contribution in [-0.2, 0) is 0 Å². The van der Waals surface area contributed by atoms with E-state index in [9.17, 15) is 0 Å². The maximum absolute atomic E-state index is 3.65. The van der Waals surface area contributed by atoms with Crippen LogP contribution in [0.5, 0.6) is 0 Å². The molecule has 0 aliphatic rings. The number of unbranched alkanes of at least 4 members (excludes halogenated alkanes) is 3. The van der Waals surface area contributed by atoms with E-state index in [0.717, 1.165) is 6.04 Å². The lowest BCUT2D eigenvalue weighted by atomic mass is 10.2. The Morgan fingerprint density at radius 2 is 2.00 bits per heavy atom. The third-order valence-corrected chi connectivity index (χ3v) is 1.44. The van der Waals surface area contributed by atoms with Gasteiger partial charge in [-0.3, -0.25) is 0 Å². The van der Waals surface area contributed by atoms with Crippen LogP contribution in [0, 0.1) is 0 Å². The van der Waals surface area contributed by atoms with E-state index in [4.69, 9.17) is 0 Å². The van der Waals surface area contributed by atoms with Crippen molar-refractivity contribution in [1.29, 1.82) is 0 Å². The molecule has 1 heteroatoms. The van der Waals surface area contributed by atoms with Crippen LogP contribution in [0.25, 0.3) is 0 Å². The normalized spacial score (nSPS) is 9.12. The summed E-state index contributed by atoms with van der Waals surface area (Å²) in [5.41, 5.74) is 0. The molecule has 0 saturated heterocycles. The van der Waals surface area contributed by atoms with Gasteiger partial charge in [-0.05, 0) is 12.8 Å². The van der Waals surface area contributed by atoms with Gasteiger partial charge in [-0.1, -0.05) is 25.0 Å². The fourth-order valence-electron chi connectivity index (χ4n) is 0.590. The summed E-state index contributed by atoms with van der Waals surface area (Å²) in [6.07, 6.45) is 7.08. The SMILES string of the molecule is C=CCCCCC[Si]. The van der Waals surface area contributed by atoms with Gasteiger partial charge in [0.25, 0.3) is 0 Å². The smallest absolute Gasteiger partial charge is 0.0222 e. The summed E-state index contributed by atoms with van der Waals surface area (Å²) in [6, 6.07) is 1.14. The van der Waals surface area contributed by atoms with Gasteiger partial charge in [-0.2, -0.15) is 0 Å². The van der Waals surface area contributed by atoms with Crippen LogP contribution >= 0.6 is 0 Å². The van der Waals surface area contributed by atoms with Gasteiger partial charge in [0, 0.05) is 10.2 Å². The number of hydrogen-bond acceptors (Lipinski definition) is 0. The van der Waals surface area contributed by atoms with Gasteiger partial charge < -0.3 is 0 Å². The summed E-state index contributed by atoms with van der Waals surface area (Å²) in [6.45, 7) is 3.65. The Hall–Kier alpha value is -0.0431. The van der Waals surface area contributed by atoms with Crippen molar-refractivity contribution in [3.8, 4) is 0 Å². The highest BCUT2D eigenvalue weighted by atomic mass is 28.1. The molecule has 45 valence electrons. The molecule has 0 N–H and O–H groups in total. The van der Waals surface area contributed by atoms with Crippen molar-refractivity contribution >= 4 is 10.2 Å². The Balaban J connectivity index is 2.62. The topological polar surface area (TPSA) is 0 Å². The molecule has 0 saturated carbocycles. The van der Waals surface area contributed by atoms with Crippen molar-refractivity contribution in [2.45, 2.75) is 31.7 Å². The fourth-order valence-corrected chi connectivity index (χ4v) is 0.840. The van der Waals surface area contributed by atoms with E-state index >= 15 is 0 Å². The molecule has 0 spiro atoms. The highest BCUT2D eigenvalue weighted by Gasteiger charge is 1.81. The molecule has 0 heterocycles. The lowest BCUT2D eigenvalue weighted by Crippen LogP contribution is -1.73. The van der Waals surface area contributed by atoms with Gasteiger partial charge in [-0.25, -0.2) is 0 Å². The van der Waals surface area contributed by atoms with Gasteiger partial charge in [-0.15, -0.1) is 6.58 Å². The summed E-state index contributed by atoms with van der Waals surface area (Å²) in [5, 5.41) is 0. The first kappa shape index (κ1) is 7.96. The second-order valence-corrected chi connectivity index (χ2v) is 2.39. The van der Waals surface area contributed by atoms with E-state index in [1.54, 1.807) is 0 Å². The average Bonchev–Trinajstić information content (AvgIpc) is 1.81. The van der Waals surface area contributed by atoms with Crippen molar-refractivity contribution < 1.29 is 0 Å². The molecule has 0 unspecified atom stereocenters. The Labute approximate surface area is 55.4 Å². The summed E-state index contributed by atoms with van der Waals surface area (Å²) in [4.78, 5) is 0. The second-order valence-electron chi connectivity index (χ2n) is 1.89. The van der Waals surface area contributed by atoms with E-state index in [-0.39, 0.29) is 0 Å². The quantitative estimate of drug-likeness (QED) is 0.300. The first-order valence-corrected chi connectivity index (χ1v) is 3.88. The van der Waals surface area contributed by atoms with Gasteiger partial charge in [0.15, 0.2) is 0 Å². The number of rotatable bonds is 5. The van der Waals surface area contributed by atoms with Crippen LogP contribution in [0.15, 0.2) is 12.7 Å². The zero-order valence-corrected chi connectivity index (χ0v) is 6.32. The van der Waals surface area contributed by atoms with E-state index < -0.39 is 0 Å². The molecule has 0 aromatic carbocycles. The predicted octanol–water partition coefficient (Wildman–Crippen LogP) is 2.32. The summed E-state index contributed by atoms with van der Waals surface area (Å²) in [7, 11) is 3.42. The second kappa shape index (κ2) is 6.96. The monoisotopic (exact) mass is 125 g/mol. The maximum atomic E-state index is 3.65. The van der Waals surface area contributed by atoms with Gasteiger partial charge >= 0.3 is 0 Å². The minimum Gasteiger partial charge on any atom is -0.103 e. The third kappa shape index (κ3) is 5.96. The number of hydrogen-bond donors (Lipinski definition) is 0. The largest absolute Gasteiger partial charge is 0.103 e. The lowest BCUT2D eigenvalue weighted by Gasteiger charge is -1.91. The molecule has 3 radical (unpaired) electrons. The van der Waals surface area contributed by atoms with Crippen molar-refractivity contribution in [3.05, 3.63) is 12.7 Å². The van der Waals surface area contributed by atoms with E-state index in [1.165, 1.54) is 25.7 Å². The number of allylic oxidation sites excluding steroid dienone is 1. The molecule has 0 bridgehead atoms. The van der Waals surface area contributed by atoms with Crippen LogP contribution in [0.2, 0.25) is 6.04 Å². The van der Waals surface area contributed by atoms with E-state index in [2.05, 4.69) is 16.8 Å². The predicted molar refractivity (Wildman–Crippen MR) is 39.2 cm³/mol. The van der Waals surface area contributed by atoms with Crippen LogP contribution < -0.4 is 0 Å². The van der Waals surface area contributed by atoms with Gasteiger partial charge in [0.2, 0.25) is 0 Å². The molecule has 8 heavy (non-hydrogen) atoms. The van der Waals surface area contributed by atoms with Crippen molar-refractivity contribution in [2.75, 3.05) is 0 Å². The Morgan fingerprint density at radius 1 is 1.25 bits per heavy atom. The van der Waals surface area contributed by atoms with Crippen molar-refractivity contribution in [1.82, 2.24) is 0 Å². The van der Waals surface area contributed by atoms with Gasteiger partial charge in [0.1, 0.15) is 0 Å². The first-order valence-electron chi connectivity index (χ1n) is 3.17. The molecule has 0 aliphatic heterocycles. The molecular formula is C7H13Si. The molecule has 0 atom stereocenters. The fraction of sp³-hybridized carbons (Fsp3) is 0.714. The van der Waals surface area contributed by atoms with Crippen LogP contribution in [-0.4, -0.2) is 10.2 Å². The molecule has 0 amide bonds. The Bertz CT molecular complexity index is 50.3. The molecule has 0 aromatic rings.